The highest BCUT2D eigenvalue weighted by Crippen LogP contribution is 2.19. The van der Waals surface area contributed by atoms with Gasteiger partial charge in [-0.1, -0.05) is 36.4 Å². The third-order valence-corrected chi connectivity index (χ3v) is 3.76. The van der Waals surface area contributed by atoms with E-state index in [0.717, 1.165) is 5.56 Å². The molecule has 6 nitrogen and oxygen atoms in total. The first kappa shape index (κ1) is 17.7. The number of carbonyl (C=O) groups is 3. The normalized spacial score (nSPS) is 17.1. The highest BCUT2D eigenvalue weighted by Gasteiger charge is 2.37. The van der Waals surface area contributed by atoms with Gasteiger partial charge in [-0.3, -0.25) is 4.79 Å². The fraction of sp³-hybridized carbons (Fsp3) is 0.389. The number of allylic oxidation sites excluding steroid dienone is 1. The van der Waals surface area contributed by atoms with Crippen LogP contribution in [0.4, 0.5) is 4.79 Å². The van der Waals surface area contributed by atoms with Gasteiger partial charge in [-0.2, -0.15) is 0 Å². The van der Waals surface area contributed by atoms with Gasteiger partial charge in [0.15, 0.2) is 0 Å². The van der Waals surface area contributed by atoms with Crippen molar-refractivity contribution in [1.82, 2.24) is 4.90 Å². The molecule has 1 aromatic rings. The zero-order valence-electron chi connectivity index (χ0n) is 13.6. The Bertz CT molecular complexity index is 611. The Morgan fingerprint density at radius 1 is 1.33 bits per heavy atom. The van der Waals surface area contributed by atoms with Crippen molar-refractivity contribution in [2.75, 3.05) is 13.7 Å². The number of hydrogen-bond acceptors (Lipinski definition) is 5. The van der Waals surface area contributed by atoms with Crippen molar-refractivity contribution < 1.29 is 23.9 Å². The maximum atomic E-state index is 12.3. The van der Waals surface area contributed by atoms with E-state index >= 15 is 0 Å². The average Bonchev–Trinajstić information content (AvgIpc) is 2.95. The fourth-order valence-electron chi connectivity index (χ4n) is 2.54. The lowest BCUT2D eigenvalue weighted by Gasteiger charge is -2.19. The van der Waals surface area contributed by atoms with Gasteiger partial charge in [-0.15, -0.1) is 0 Å². The first-order valence-corrected chi connectivity index (χ1v) is 7.89. The second-order valence-corrected chi connectivity index (χ2v) is 5.50. The summed E-state index contributed by atoms with van der Waals surface area (Å²) in [6.07, 6.45) is 4.33. The third kappa shape index (κ3) is 4.94. The van der Waals surface area contributed by atoms with E-state index in [-0.39, 0.29) is 25.0 Å². The topological polar surface area (TPSA) is 72.9 Å². The number of amides is 2. The number of ether oxygens (including phenoxy) is 2. The van der Waals surface area contributed by atoms with Crippen molar-refractivity contribution >= 4 is 18.0 Å². The lowest BCUT2D eigenvalue weighted by Crippen LogP contribution is -2.40. The molecule has 0 radical (unpaired) electrons. The number of esters is 1. The minimum absolute atomic E-state index is 0.224. The molecule has 6 heteroatoms. The molecule has 1 atom stereocenters. The van der Waals surface area contributed by atoms with Gasteiger partial charge in [0.05, 0.1) is 13.2 Å². The number of hydrogen-bond donors (Lipinski definition) is 0. The molecule has 2 rings (SSSR count). The summed E-state index contributed by atoms with van der Waals surface area (Å²) in [6.45, 7) is 0.224. The molecule has 0 bridgehead atoms. The lowest BCUT2D eigenvalue weighted by molar-refractivity contribution is -0.134. The lowest BCUT2D eigenvalue weighted by atomic mass is 10.1. The van der Waals surface area contributed by atoms with Gasteiger partial charge in [0, 0.05) is 12.5 Å². The Morgan fingerprint density at radius 3 is 2.79 bits per heavy atom. The average molecular weight is 331 g/mol. The minimum Gasteiger partial charge on any atom is -0.466 e. The molecule has 0 N–H and O–H groups in total. The Morgan fingerprint density at radius 2 is 2.08 bits per heavy atom. The number of imide groups is 1. The van der Waals surface area contributed by atoms with Crippen LogP contribution < -0.4 is 0 Å². The Hall–Kier alpha value is -2.63. The smallest absolute Gasteiger partial charge is 0.416 e. The van der Waals surface area contributed by atoms with Crippen LogP contribution >= 0.6 is 0 Å². The predicted molar refractivity (Wildman–Crippen MR) is 87.1 cm³/mol. The van der Waals surface area contributed by atoms with Crippen LogP contribution in [0.2, 0.25) is 0 Å². The van der Waals surface area contributed by atoms with Crippen LogP contribution in [0.15, 0.2) is 42.5 Å². The third-order valence-electron chi connectivity index (χ3n) is 3.76. The van der Waals surface area contributed by atoms with Crippen LogP contribution in [-0.4, -0.2) is 42.6 Å². The first-order valence-electron chi connectivity index (χ1n) is 7.89. The molecule has 1 aromatic carbocycles. The number of methoxy groups -OCH3 is 1. The van der Waals surface area contributed by atoms with Crippen molar-refractivity contribution in [2.45, 2.75) is 31.7 Å². The SMILES string of the molecule is COC(=O)/C=C/CCCC(=O)N1C(=O)OC[C@@H]1Cc1ccccc1. The quantitative estimate of drug-likeness (QED) is 0.436. The molecular weight excluding hydrogens is 310 g/mol. The van der Waals surface area contributed by atoms with Crippen molar-refractivity contribution in [2.24, 2.45) is 0 Å². The monoisotopic (exact) mass is 331 g/mol. The largest absolute Gasteiger partial charge is 0.466 e. The molecule has 0 saturated carbocycles. The summed E-state index contributed by atoms with van der Waals surface area (Å²) in [5.41, 5.74) is 1.06. The molecule has 24 heavy (non-hydrogen) atoms. The molecule has 0 unspecified atom stereocenters. The van der Waals surface area contributed by atoms with Crippen molar-refractivity contribution in [3.63, 3.8) is 0 Å². The van der Waals surface area contributed by atoms with Crippen molar-refractivity contribution in [3.8, 4) is 0 Å². The van der Waals surface area contributed by atoms with Crippen molar-refractivity contribution in [1.29, 1.82) is 0 Å². The van der Waals surface area contributed by atoms with Crippen LogP contribution in [0.5, 0.6) is 0 Å². The summed E-state index contributed by atoms with van der Waals surface area (Å²) < 4.78 is 9.52. The number of carbonyl (C=O) groups excluding carboxylic acids is 3. The Balaban J connectivity index is 1.85. The summed E-state index contributed by atoms with van der Waals surface area (Å²) in [6, 6.07) is 9.42. The summed E-state index contributed by atoms with van der Waals surface area (Å²) in [4.78, 5) is 36.3. The van der Waals surface area contributed by atoms with Gasteiger partial charge >= 0.3 is 12.1 Å². The minimum atomic E-state index is -0.578. The van der Waals surface area contributed by atoms with Gasteiger partial charge in [0.2, 0.25) is 5.91 Å². The summed E-state index contributed by atoms with van der Waals surface area (Å²) in [5, 5.41) is 0. The molecule has 1 fully saturated rings. The molecule has 0 spiro atoms. The van der Waals surface area contributed by atoms with Gasteiger partial charge in [0.25, 0.3) is 0 Å². The van der Waals surface area contributed by atoms with Crippen LogP contribution in [0.1, 0.15) is 24.8 Å². The fourth-order valence-corrected chi connectivity index (χ4v) is 2.54. The van der Waals surface area contributed by atoms with Crippen LogP contribution in [0.3, 0.4) is 0 Å². The molecule has 1 aliphatic heterocycles. The summed E-state index contributed by atoms with van der Waals surface area (Å²) in [7, 11) is 1.31. The van der Waals surface area contributed by atoms with Crippen LogP contribution in [-0.2, 0) is 25.5 Å². The number of cyclic esters (lactones) is 1. The molecule has 0 aromatic heterocycles. The second kappa shape index (κ2) is 8.86. The molecule has 1 aliphatic rings. The van der Waals surface area contributed by atoms with Crippen molar-refractivity contribution in [3.05, 3.63) is 48.0 Å². The number of unbranched alkanes of at least 4 members (excludes halogenated alkanes) is 1. The van der Waals surface area contributed by atoms with E-state index < -0.39 is 12.1 Å². The van der Waals surface area contributed by atoms with E-state index in [4.69, 9.17) is 4.74 Å². The highest BCUT2D eigenvalue weighted by molar-refractivity contribution is 5.93. The zero-order chi connectivity index (χ0) is 17.4. The Labute approximate surface area is 141 Å². The standard InChI is InChI=1S/C18H21NO5/c1-23-17(21)11-7-3-6-10-16(20)19-15(13-24-18(19)22)12-14-8-4-2-5-9-14/h2,4-5,7-9,11,15H,3,6,10,12-13H2,1H3/b11-7+/t15-/m0/s1. The summed E-state index contributed by atoms with van der Waals surface area (Å²) in [5.74, 6) is -0.669. The number of benzene rings is 1. The zero-order valence-corrected chi connectivity index (χ0v) is 13.6. The second-order valence-electron chi connectivity index (χ2n) is 5.50. The van der Waals surface area contributed by atoms with E-state index in [0.29, 0.717) is 19.3 Å². The summed E-state index contributed by atoms with van der Waals surface area (Å²) >= 11 is 0. The molecule has 1 heterocycles. The predicted octanol–water partition coefficient (Wildman–Crippen LogP) is 2.48. The van der Waals surface area contributed by atoms with Crippen LogP contribution in [0, 0.1) is 0 Å². The maximum absolute atomic E-state index is 12.3. The van der Waals surface area contributed by atoms with E-state index in [1.165, 1.54) is 18.1 Å². The van der Waals surface area contributed by atoms with Gasteiger partial charge in [-0.25, -0.2) is 14.5 Å². The van der Waals surface area contributed by atoms with E-state index in [1.54, 1.807) is 6.08 Å². The maximum Gasteiger partial charge on any atom is 0.416 e. The van der Waals surface area contributed by atoms with Gasteiger partial charge in [-0.05, 0) is 24.8 Å². The van der Waals surface area contributed by atoms with Gasteiger partial charge < -0.3 is 9.47 Å². The van der Waals surface area contributed by atoms with E-state index in [1.807, 2.05) is 30.3 Å². The molecule has 0 aliphatic carbocycles. The molecular formula is C18H21NO5. The number of rotatable bonds is 7. The molecule has 1 saturated heterocycles. The van der Waals surface area contributed by atoms with E-state index in [2.05, 4.69) is 4.74 Å². The molecule has 2 amide bonds. The Kier molecular flexibility index (Phi) is 6.54. The van der Waals surface area contributed by atoms with Crippen LogP contribution in [0.25, 0.3) is 0 Å². The number of nitrogens with zero attached hydrogens (tertiary/aromatic N) is 1. The van der Waals surface area contributed by atoms with E-state index in [9.17, 15) is 14.4 Å². The first-order chi connectivity index (χ1) is 11.6. The van der Waals surface area contributed by atoms with Gasteiger partial charge in [0.1, 0.15) is 6.61 Å². The highest BCUT2D eigenvalue weighted by atomic mass is 16.6. The molecule has 128 valence electrons.